The fraction of sp³-hybridized carbons (Fsp3) is 0.364. The van der Waals surface area contributed by atoms with Crippen LogP contribution in [0.3, 0.4) is 0 Å². The summed E-state index contributed by atoms with van der Waals surface area (Å²) in [5.74, 6) is -0.465. The molecule has 3 aliphatic rings. The Bertz CT molecular complexity index is 946. The molecule has 6 nitrogen and oxygen atoms in total. The Morgan fingerprint density at radius 1 is 0.933 bits per heavy atom. The molecule has 0 saturated carbocycles. The largest absolute Gasteiger partial charge is 0.373 e. The highest BCUT2D eigenvalue weighted by Gasteiger charge is 2.47. The first-order valence-corrected chi connectivity index (χ1v) is 9.84. The monoisotopic (exact) mass is 448 g/mol. The molecule has 2 atom stereocenters. The average molecular weight is 449 g/mol. The Hall–Kier alpha value is -2.12. The third-order valence-electron chi connectivity index (χ3n) is 6.15. The molecule has 3 heterocycles. The molecule has 8 heteroatoms. The smallest absolute Gasteiger partial charge is 0.238 e. The fourth-order valence-electron chi connectivity index (χ4n) is 4.53. The average Bonchev–Trinajstić information content (AvgIpc) is 3.18. The second kappa shape index (κ2) is 8.94. The van der Waals surface area contributed by atoms with Crippen LogP contribution >= 0.6 is 24.8 Å². The number of anilines is 2. The van der Waals surface area contributed by atoms with Crippen molar-refractivity contribution in [3.63, 3.8) is 0 Å². The number of rotatable bonds is 3. The molecule has 160 valence electrons. The molecular formula is C22H26Cl2N4O2. The molecule has 0 radical (unpaired) electrons. The number of carbonyl (C=O) groups excluding carboxylic acids is 2. The van der Waals surface area contributed by atoms with Crippen LogP contribution < -0.4 is 10.2 Å². The lowest BCUT2D eigenvalue weighted by Crippen LogP contribution is -2.50. The Balaban J connectivity index is 0.00000128. The van der Waals surface area contributed by atoms with Crippen LogP contribution in [0.1, 0.15) is 21.8 Å². The molecule has 5 rings (SSSR count). The zero-order valence-corrected chi connectivity index (χ0v) is 18.4. The number of hydrogen-bond donors (Lipinski definition) is 1. The molecule has 0 aromatic heterocycles. The first-order valence-electron chi connectivity index (χ1n) is 9.84. The van der Waals surface area contributed by atoms with E-state index in [2.05, 4.69) is 22.2 Å². The number of likely N-dealkylation sites (N-methyl/N-ethyl adjacent to an activating group) is 1. The minimum atomic E-state index is -0.538. The van der Waals surface area contributed by atoms with E-state index in [4.69, 9.17) is 0 Å². The summed E-state index contributed by atoms with van der Waals surface area (Å²) in [5, 5.41) is 3.31. The lowest BCUT2D eigenvalue weighted by molar-refractivity contribution is -0.120. The molecule has 2 aromatic carbocycles. The number of piperazine rings is 1. The van der Waals surface area contributed by atoms with Crippen LogP contribution in [0.4, 0.5) is 11.4 Å². The number of benzene rings is 2. The van der Waals surface area contributed by atoms with Gasteiger partial charge < -0.3 is 10.2 Å². The van der Waals surface area contributed by atoms with E-state index in [0.717, 1.165) is 43.1 Å². The maximum Gasteiger partial charge on any atom is 0.238 e. The van der Waals surface area contributed by atoms with Crippen LogP contribution in [-0.2, 0) is 4.79 Å². The summed E-state index contributed by atoms with van der Waals surface area (Å²) in [4.78, 5) is 33.0. The van der Waals surface area contributed by atoms with Crippen molar-refractivity contribution in [3.05, 3.63) is 59.7 Å². The zero-order chi connectivity index (χ0) is 19.3. The zero-order valence-electron chi connectivity index (χ0n) is 16.8. The van der Waals surface area contributed by atoms with Gasteiger partial charge in [0.05, 0.1) is 12.6 Å². The predicted octanol–water partition coefficient (Wildman–Crippen LogP) is 2.84. The third-order valence-corrected chi connectivity index (χ3v) is 6.15. The van der Waals surface area contributed by atoms with Crippen LogP contribution in [0.15, 0.2) is 48.5 Å². The molecule has 1 saturated heterocycles. The highest BCUT2D eigenvalue weighted by molar-refractivity contribution is 6.16. The summed E-state index contributed by atoms with van der Waals surface area (Å²) in [5.41, 5.74) is 3.37. The molecule has 0 bridgehead atoms. The van der Waals surface area contributed by atoms with Crippen LogP contribution in [0.5, 0.6) is 0 Å². The second-order valence-electron chi connectivity index (χ2n) is 7.90. The number of fused-ring (bicyclic) bond motifs is 2. The van der Waals surface area contributed by atoms with E-state index in [1.54, 1.807) is 0 Å². The Morgan fingerprint density at radius 3 is 2.33 bits per heavy atom. The first-order chi connectivity index (χ1) is 13.6. The molecule has 1 fully saturated rings. The molecule has 2 unspecified atom stereocenters. The molecule has 2 aromatic rings. The lowest BCUT2D eigenvalue weighted by Gasteiger charge is -2.35. The number of Topliss-reactive ketones (excluding diaryl/α,β-unsaturated/α-hetero) is 1. The number of amides is 1. The summed E-state index contributed by atoms with van der Waals surface area (Å²) in [6.45, 7) is 4.47. The number of para-hydroxylation sites is 2. The normalized spacial score (nSPS) is 23.3. The van der Waals surface area contributed by atoms with Crippen LogP contribution in [-0.4, -0.2) is 67.4 Å². The van der Waals surface area contributed by atoms with Crippen molar-refractivity contribution in [2.75, 3.05) is 50.1 Å². The molecule has 3 aliphatic heterocycles. The van der Waals surface area contributed by atoms with Gasteiger partial charge in [0, 0.05) is 43.1 Å². The van der Waals surface area contributed by atoms with Crippen molar-refractivity contribution in [1.82, 2.24) is 9.80 Å². The molecule has 0 spiro atoms. The number of nitrogens with zero attached hydrogens (tertiary/aromatic N) is 3. The van der Waals surface area contributed by atoms with Gasteiger partial charge in [0.25, 0.3) is 0 Å². The van der Waals surface area contributed by atoms with Crippen molar-refractivity contribution in [3.8, 4) is 0 Å². The predicted molar refractivity (Wildman–Crippen MR) is 123 cm³/mol. The van der Waals surface area contributed by atoms with Gasteiger partial charge in [-0.25, -0.2) is 0 Å². The van der Waals surface area contributed by atoms with Gasteiger partial charge in [0.2, 0.25) is 5.91 Å². The fourth-order valence-corrected chi connectivity index (χ4v) is 4.53. The van der Waals surface area contributed by atoms with Crippen LogP contribution in [0.25, 0.3) is 0 Å². The summed E-state index contributed by atoms with van der Waals surface area (Å²) in [6.07, 6.45) is 0. The quantitative estimate of drug-likeness (QED) is 0.781. The standard InChI is InChI=1S/C22H24N4O2.2ClH/c1-24-10-12-25(13-11-24)14-26-18-9-5-3-7-16(18)19(22(26)28)20-21(27)15-6-2-4-8-17(15)23-20;;/h2-9,19-20,23H,10-14H2,1H3;2*1H. The van der Waals surface area contributed by atoms with E-state index in [1.807, 2.05) is 53.4 Å². The van der Waals surface area contributed by atoms with Gasteiger partial charge >= 0.3 is 0 Å². The highest BCUT2D eigenvalue weighted by Crippen LogP contribution is 2.43. The van der Waals surface area contributed by atoms with Gasteiger partial charge in [0.1, 0.15) is 6.04 Å². The number of nitrogens with one attached hydrogen (secondary N) is 1. The van der Waals surface area contributed by atoms with E-state index >= 15 is 0 Å². The molecule has 1 N–H and O–H groups in total. The van der Waals surface area contributed by atoms with Gasteiger partial charge in [-0.05, 0) is 30.8 Å². The van der Waals surface area contributed by atoms with E-state index in [9.17, 15) is 9.59 Å². The van der Waals surface area contributed by atoms with Crippen molar-refractivity contribution in [2.45, 2.75) is 12.0 Å². The minimum Gasteiger partial charge on any atom is -0.373 e. The van der Waals surface area contributed by atoms with Crippen molar-refractivity contribution in [1.29, 1.82) is 0 Å². The molecule has 30 heavy (non-hydrogen) atoms. The van der Waals surface area contributed by atoms with Gasteiger partial charge in [-0.2, -0.15) is 0 Å². The maximum atomic E-state index is 13.5. The van der Waals surface area contributed by atoms with E-state index < -0.39 is 12.0 Å². The lowest BCUT2D eigenvalue weighted by atomic mass is 9.90. The summed E-state index contributed by atoms with van der Waals surface area (Å²) in [6, 6.07) is 14.9. The van der Waals surface area contributed by atoms with Crippen molar-refractivity contribution in [2.24, 2.45) is 0 Å². The van der Waals surface area contributed by atoms with E-state index in [0.29, 0.717) is 12.2 Å². The molecule has 1 amide bonds. The number of ketones is 1. The highest BCUT2D eigenvalue weighted by atomic mass is 35.5. The van der Waals surface area contributed by atoms with Crippen molar-refractivity contribution < 1.29 is 9.59 Å². The molecular weight excluding hydrogens is 423 g/mol. The maximum absolute atomic E-state index is 13.5. The topological polar surface area (TPSA) is 55.9 Å². The van der Waals surface area contributed by atoms with Crippen LogP contribution in [0.2, 0.25) is 0 Å². The molecule has 0 aliphatic carbocycles. The van der Waals surface area contributed by atoms with E-state index in [1.165, 1.54) is 0 Å². The van der Waals surface area contributed by atoms with E-state index in [-0.39, 0.29) is 36.5 Å². The summed E-state index contributed by atoms with van der Waals surface area (Å²) >= 11 is 0. The second-order valence-corrected chi connectivity index (χ2v) is 7.90. The van der Waals surface area contributed by atoms with Crippen LogP contribution in [0, 0.1) is 0 Å². The first kappa shape index (κ1) is 22.6. The summed E-state index contributed by atoms with van der Waals surface area (Å²) < 4.78 is 0. The SMILES string of the molecule is CN1CCN(CN2C(=O)C(C3Nc4ccccc4C3=O)c3ccccc32)CC1.Cl.Cl. The Morgan fingerprint density at radius 2 is 1.60 bits per heavy atom. The number of hydrogen-bond acceptors (Lipinski definition) is 5. The Labute approximate surface area is 189 Å². The van der Waals surface area contributed by atoms with Gasteiger partial charge in [-0.15, -0.1) is 24.8 Å². The number of carbonyl (C=O) groups is 2. The van der Waals surface area contributed by atoms with Crippen molar-refractivity contribution >= 4 is 47.9 Å². The number of halogens is 2. The third kappa shape index (κ3) is 3.69. The van der Waals surface area contributed by atoms with Gasteiger partial charge in [-0.1, -0.05) is 30.3 Å². The summed E-state index contributed by atoms with van der Waals surface area (Å²) in [7, 11) is 2.12. The van der Waals surface area contributed by atoms with Gasteiger partial charge in [0.15, 0.2) is 5.78 Å². The van der Waals surface area contributed by atoms with Gasteiger partial charge in [-0.3, -0.25) is 19.4 Å². The Kier molecular flexibility index (Phi) is 6.72. The minimum absolute atomic E-state index is 0.